The van der Waals surface area contributed by atoms with Gasteiger partial charge in [-0.2, -0.15) is 0 Å². The minimum Gasteiger partial charge on any atom is -0.265 e. The van der Waals surface area contributed by atoms with Crippen LogP contribution in [0.4, 0.5) is 0 Å². The second-order valence-corrected chi connectivity index (χ2v) is 9.98. The number of hydrogen-bond donors (Lipinski definition) is 0. The highest BCUT2D eigenvalue weighted by Crippen LogP contribution is 2.41. The van der Waals surface area contributed by atoms with Crippen LogP contribution in [0.3, 0.4) is 0 Å². The standard InChI is InChI=1S/C23H23NS3/c1-2-3-4-5-6-18-7-8-20(25-18)21-11-12-23(27-21)22-10-9-19(26-22)17-13-15-24-16-14-17/h7-16H,2-6H2,1H3. The normalized spacial score (nSPS) is 11.1. The van der Waals surface area contributed by atoms with E-state index in [0.717, 1.165) is 0 Å². The molecule has 0 amide bonds. The van der Waals surface area contributed by atoms with E-state index >= 15 is 0 Å². The molecule has 0 aromatic carbocycles. The maximum atomic E-state index is 4.11. The number of aryl methyl sites for hydroxylation is 1. The van der Waals surface area contributed by atoms with Crippen LogP contribution < -0.4 is 0 Å². The monoisotopic (exact) mass is 409 g/mol. The molecule has 27 heavy (non-hydrogen) atoms. The van der Waals surface area contributed by atoms with E-state index in [1.54, 1.807) is 0 Å². The molecule has 0 saturated heterocycles. The lowest BCUT2D eigenvalue weighted by Crippen LogP contribution is -1.80. The van der Waals surface area contributed by atoms with Gasteiger partial charge in [-0.05, 0) is 66.9 Å². The van der Waals surface area contributed by atoms with E-state index in [4.69, 9.17) is 0 Å². The fraction of sp³-hybridized carbons (Fsp3) is 0.261. The first-order valence-electron chi connectivity index (χ1n) is 9.53. The quantitative estimate of drug-likeness (QED) is 0.266. The third-order valence-electron chi connectivity index (χ3n) is 4.60. The van der Waals surface area contributed by atoms with Crippen molar-refractivity contribution in [3.05, 3.63) is 65.8 Å². The summed E-state index contributed by atoms with van der Waals surface area (Å²) in [6.07, 6.45) is 10.3. The summed E-state index contributed by atoms with van der Waals surface area (Å²) in [5, 5.41) is 0. The number of nitrogens with zero attached hydrogens (tertiary/aromatic N) is 1. The molecule has 0 atom stereocenters. The van der Waals surface area contributed by atoms with Crippen molar-refractivity contribution in [3.8, 4) is 29.9 Å². The number of aromatic nitrogens is 1. The molecule has 0 saturated carbocycles. The lowest BCUT2D eigenvalue weighted by Gasteiger charge is -1.96. The highest BCUT2D eigenvalue weighted by molar-refractivity contribution is 7.27. The Kier molecular flexibility index (Phi) is 6.17. The molecule has 0 aliphatic carbocycles. The molecule has 0 fully saturated rings. The van der Waals surface area contributed by atoms with Gasteiger partial charge in [-0.15, -0.1) is 34.0 Å². The van der Waals surface area contributed by atoms with Crippen LogP contribution in [-0.4, -0.2) is 4.98 Å². The van der Waals surface area contributed by atoms with Crippen LogP contribution in [-0.2, 0) is 6.42 Å². The van der Waals surface area contributed by atoms with Crippen molar-refractivity contribution in [2.24, 2.45) is 0 Å². The van der Waals surface area contributed by atoms with Gasteiger partial charge in [-0.1, -0.05) is 26.2 Å². The zero-order valence-electron chi connectivity index (χ0n) is 15.5. The molecular formula is C23H23NS3. The van der Waals surface area contributed by atoms with Crippen LogP contribution in [0.25, 0.3) is 29.9 Å². The maximum absolute atomic E-state index is 4.11. The molecule has 1 nitrogen and oxygen atoms in total. The number of unbranched alkanes of at least 4 members (excludes halogenated alkanes) is 3. The Bertz CT molecular complexity index is 978. The first-order valence-corrected chi connectivity index (χ1v) is 12.0. The van der Waals surface area contributed by atoms with Crippen LogP contribution in [0, 0.1) is 0 Å². The van der Waals surface area contributed by atoms with Crippen molar-refractivity contribution in [3.63, 3.8) is 0 Å². The largest absolute Gasteiger partial charge is 0.265 e. The molecule has 138 valence electrons. The Morgan fingerprint density at radius 2 is 1.22 bits per heavy atom. The lowest BCUT2D eigenvalue weighted by molar-refractivity contribution is 0.670. The zero-order valence-corrected chi connectivity index (χ0v) is 17.9. The van der Waals surface area contributed by atoms with Crippen molar-refractivity contribution in [1.29, 1.82) is 0 Å². The van der Waals surface area contributed by atoms with E-state index in [0.29, 0.717) is 0 Å². The van der Waals surface area contributed by atoms with Gasteiger partial charge in [0, 0.05) is 41.7 Å². The summed E-state index contributed by atoms with van der Waals surface area (Å²) in [4.78, 5) is 12.4. The van der Waals surface area contributed by atoms with Crippen LogP contribution in [0.5, 0.6) is 0 Å². The van der Waals surface area contributed by atoms with E-state index in [1.807, 2.05) is 46.4 Å². The molecule has 0 spiro atoms. The van der Waals surface area contributed by atoms with Crippen molar-refractivity contribution in [2.45, 2.75) is 39.0 Å². The van der Waals surface area contributed by atoms with Crippen LogP contribution in [0.15, 0.2) is 60.9 Å². The van der Waals surface area contributed by atoms with Crippen LogP contribution >= 0.6 is 34.0 Å². The summed E-state index contributed by atoms with van der Waals surface area (Å²) < 4.78 is 0. The van der Waals surface area contributed by atoms with Gasteiger partial charge in [0.15, 0.2) is 0 Å². The van der Waals surface area contributed by atoms with Gasteiger partial charge in [0.25, 0.3) is 0 Å². The SMILES string of the molecule is CCCCCCc1ccc(-c2ccc(-c3ccc(-c4ccncc4)s3)s2)s1. The minimum atomic E-state index is 1.23. The van der Waals surface area contributed by atoms with E-state index in [2.05, 4.69) is 60.4 Å². The molecule has 4 heterocycles. The molecule has 0 aliphatic rings. The Morgan fingerprint density at radius 1 is 0.630 bits per heavy atom. The lowest BCUT2D eigenvalue weighted by atomic mass is 10.1. The van der Waals surface area contributed by atoms with Gasteiger partial charge in [-0.3, -0.25) is 4.98 Å². The Hall–Kier alpha value is -1.75. The predicted molar refractivity (Wildman–Crippen MR) is 122 cm³/mol. The number of pyridine rings is 1. The van der Waals surface area contributed by atoms with Gasteiger partial charge in [0.05, 0.1) is 0 Å². The fourth-order valence-electron chi connectivity index (χ4n) is 3.12. The summed E-state index contributed by atoms with van der Waals surface area (Å²) >= 11 is 5.72. The average Bonchev–Trinajstić information content (AvgIpc) is 3.46. The van der Waals surface area contributed by atoms with Crippen LogP contribution in [0.1, 0.15) is 37.5 Å². The molecule has 4 aromatic rings. The Labute approximate surface area is 173 Å². The first-order chi connectivity index (χ1) is 13.3. The van der Waals surface area contributed by atoms with Gasteiger partial charge >= 0.3 is 0 Å². The zero-order chi connectivity index (χ0) is 18.5. The fourth-order valence-corrected chi connectivity index (χ4v) is 6.36. The third kappa shape index (κ3) is 4.57. The Balaban J connectivity index is 1.46. The molecule has 0 aliphatic heterocycles. The number of thiophene rings is 3. The molecule has 0 N–H and O–H groups in total. The predicted octanol–water partition coefficient (Wildman–Crippen LogP) is 8.39. The van der Waals surface area contributed by atoms with Crippen molar-refractivity contribution < 1.29 is 0 Å². The van der Waals surface area contributed by atoms with Crippen LogP contribution in [0.2, 0.25) is 0 Å². The number of hydrogen-bond acceptors (Lipinski definition) is 4. The summed E-state index contributed by atoms with van der Waals surface area (Å²) in [5.74, 6) is 0. The van der Waals surface area contributed by atoms with E-state index in [9.17, 15) is 0 Å². The summed E-state index contributed by atoms with van der Waals surface area (Å²) in [7, 11) is 0. The third-order valence-corrected chi connectivity index (χ3v) is 8.36. The topological polar surface area (TPSA) is 12.9 Å². The van der Waals surface area contributed by atoms with Gasteiger partial charge in [0.2, 0.25) is 0 Å². The van der Waals surface area contributed by atoms with Crippen molar-refractivity contribution in [1.82, 2.24) is 4.98 Å². The second-order valence-electron chi connectivity index (χ2n) is 6.64. The van der Waals surface area contributed by atoms with Gasteiger partial charge in [0.1, 0.15) is 0 Å². The second kappa shape index (κ2) is 8.96. The molecule has 4 heteroatoms. The van der Waals surface area contributed by atoms with E-state index in [-0.39, 0.29) is 0 Å². The molecule has 4 rings (SSSR count). The van der Waals surface area contributed by atoms with Gasteiger partial charge < -0.3 is 0 Å². The number of rotatable bonds is 8. The molecule has 4 aromatic heterocycles. The summed E-state index contributed by atoms with van der Waals surface area (Å²) in [6, 6.07) is 17.8. The van der Waals surface area contributed by atoms with E-state index < -0.39 is 0 Å². The summed E-state index contributed by atoms with van der Waals surface area (Å²) in [6.45, 7) is 2.27. The molecule has 0 unspecified atom stereocenters. The minimum absolute atomic E-state index is 1.23. The Morgan fingerprint density at radius 3 is 1.93 bits per heavy atom. The molecular weight excluding hydrogens is 386 g/mol. The summed E-state index contributed by atoms with van der Waals surface area (Å²) in [5.41, 5.74) is 1.24. The van der Waals surface area contributed by atoms with E-state index in [1.165, 1.54) is 66.9 Å². The maximum Gasteiger partial charge on any atom is 0.0449 e. The van der Waals surface area contributed by atoms with Crippen molar-refractivity contribution >= 4 is 34.0 Å². The highest BCUT2D eigenvalue weighted by Gasteiger charge is 2.10. The molecule has 0 bridgehead atoms. The smallest absolute Gasteiger partial charge is 0.0449 e. The van der Waals surface area contributed by atoms with Gasteiger partial charge in [-0.25, -0.2) is 0 Å². The first kappa shape index (κ1) is 18.6. The average molecular weight is 410 g/mol. The van der Waals surface area contributed by atoms with Crippen molar-refractivity contribution in [2.75, 3.05) is 0 Å². The molecule has 0 radical (unpaired) electrons. The highest BCUT2D eigenvalue weighted by atomic mass is 32.1.